The van der Waals surface area contributed by atoms with Crippen LogP contribution >= 0.6 is 0 Å². The second-order valence-electron chi connectivity index (χ2n) is 7.20. The Kier molecular flexibility index (Phi) is 10.2. The van der Waals surface area contributed by atoms with Gasteiger partial charge < -0.3 is 20.5 Å². The Labute approximate surface area is 184 Å². The molecule has 1 heterocycles. The fraction of sp³-hybridized carbons (Fsp3) is 0.550. The number of Topliss-reactive ketones (excluding diaryl/α,β-unsaturated/α-hetero) is 1. The van der Waals surface area contributed by atoms with Gasteiger partial charge in [0.2, 0.25) is 11.8 Å². The van der Waals surface area contributed by atoms with E-state index in [1.54, 1.807) is 0 Å². The first-order valence-electron chi connectivity index (χ1n) is 9.94. The summed E-state index contributed by atoms with van der Waals surface area (Å²) in [6.07, 6.45) is 1.83. The maximum atomic E-state index is 12.6. The van der Waals surface area contributed by atoms with Crippen LogP contribution in [0.25, 0.3) is 0 Å². The van der Waals surface area contributed by atoms with E-state index in [0.29, 0.717) is 0 Å². The molecule has 0 aromatic carbocycles. The van der Waals surface area contributed by atoms with Crippen molar-refractivity contribution in [3.8, 4) is 0 Å². The molecule has 1 aliphatic rings. The van der Waals surface area contributed by atoms with E-state index in [9.17, 15) is 33.6 Å². The third-order valence-corrected chi connectivity index (χ3v) is 4.76. The van der Waals surface area contributed by atoms with Crippen molar-refractivity contribution in [3.63, 3.8) is 0 Å². The van der Waals surface area contributed by atoms with Crippen LogP contribution in [0.5, 0.6) is 0 Å². The zero-order valence-corrected chi connectivity index (χ0v) is 18.1. The Morgan fingerprint density at radius 3 is 2.06 bits per heavy atom. The zero-order chi connectivity index (χ0) is 24.4. The molecule has 1 rings (SSSR count). The van der Waals surface area contributed by atoms with Crippen molar-refractivity contribution in [2.75, 3.05) is 13.7 Å². The minimum Gasteiger partial charge on any atom is -0.480 e. The van der Waals surface area contributed by atoms with Crippen molar-refractivity contribution in [2.24, 2.45) is 5.92 Å². The maximum absolute atomic E-state index is 12.6. The summed E-state index contributed by atoms with van der Waals surface area (Å²) in [4.78, 5) is 83.7. The summed E-state index contributed by atoms with van der Waals surface area (Å²) in [6.45, 7) is 2.57. The van der Waals surface area contributed by atoms with Gasteiger partial charge in [0.1, 0.15) is 17.9 Å². The van der Waals surface area contributed by atoms with Crippen LogP contribution in [0, 0.1) is 5.92 Å². The fourth-order valence-electron chi connectivity index (χ4n) is 2.82. The number of nitrogens with one attached hydrogen (secondary N) is 2. The van der Waals surface area contributed by atoms with E-state index < -0.39 is 59.4 Å². The number of nitrogens with zero attached hydrogens (tertiary/aromatic N) is 1. The molecule has 0 bridgehead atoms. The maximum Gasteiger partial charge on any atom is 0.325 e. The first kappa shape index (κ1) is 26.5. The van der Waals surface area contributed by atoms with Crippen molar-refractivity contribution in [2.45, 2.75) is 51.6 Å². The number of carbonyl (C=O) groups excluding carboxylic acids is 6. The number of carboxylic acids is 1. The van der Waals surface area contributed by atoms with E-state index in [2.05, 4.69) is 15.4 Å². The molecule has 3 atom stereocenters. The number of hydrogen-bond donors (Lipinski definition) is 3. The third kappa shape index (κ3) is 7.93. The highest BCUT2D eigenvalue weighted by molar-refractivity contribution is 6.12. The van der Waals surface area contributed by atoms with Crippen LogP contribution < -0.4 is 10.6 Å². The van der Waals surface area contributed by atoms with Crippen LogP contribution in [0.3, 0.4) is 0 Å². The molecule has 0 fully saturated rings. The molecule has 12 heteroatoms. The molecule has 0 aromatic rings. The summed E-state index contributed by atoms with van der Waals surface area (Å²) in [5.41, 5.74) is 0. The smallest absolute Gasteiger partial charge is 0.325 e. The number of carbonyl (C=O) groups is 7. The molecule has 0 spiro atoms. The van der Waals surface area contributed by atoms with Gasteiger partial charge in [0.15, 0.2) is 0 Å². The third-order valence-electron chi connectivity index (χ3n) is 4.76. The van der Waals surface area contributed by atoms with Gasteiger partial charge in [-0.2, -0.15) is 0 Å². The van der Waals surface area contributed by atoms with E-state index in [1.165, 1.54) is 13.8 Å². The molecular weight excluding hydrogens is 426 g/mol. The van der Waals surface area contributed by atoms with Crippen LogP contribution in [0.4, 0.5) is 0 Å². The summed E-state index contributed by atoms with van der Waals surface area (Å²) in [6, 6.07) is -2.31. The number of methoxy groups -OCH3 is 1. The first-order chi connectivity index (χ1) is 15.0. The molecule has 0 aliphatic carbocycles. The number of hydrogen-bond acceptors (Lipinski definition) is 8. The molecule has 3 N–H and O–H groups in total. The number of esters is 1. The van der Waals surface area contributed by atoms with Gasteiger partial charge in [-0.1, -0.05) is 0 Å². The van der Waals surface area contributed by atoms with E-state index in [1.807, 2.05) is 0 Å². The standard InChI is InChI=1S/C20H27N3O9/c1-11(18(28)22-12(2)20(30)31)21-19(29)13(6-9-17(27)32-3)14(24)5-4-10-23-15(25)7-8-16(23)26/h7-8,11-13H,4-6,9-10H2,1-3H3,(H,21,29)(H,22,28)(H,30,31). The Bertz CT molecular complexity index is 803. The normalized spacial score (nSPS) is 15.7. The lowest BCUT2D eigenvalue weighted by molar-refractivity contribution is -0.143. The summed E-state index contributed by atoms with van der Waals surface area (Å²) >= 11 is 0. The molecule has 0 radical (unpaired) electrons. The molecular formula is C20H27N3O9. The highest BCUT2D eigenvalue weighted by Crippen LogP contribution is 2.14. The van der Waals surface area contributed by atoms with Crippen LogP contribution in [0.1, 0.15) is 39.5 Å². The largest absolute Gasteiger partial charge is 0.480 e. The molecule has 32 heavy (non-hydrogen) atoms. The average Bonchev–Trinajstić information content (AvgIpc) is 3.05. The number of ketones is 1. The predicted octanol–water partition coefficient (Wildman–Crippen LogP) is -1.08. The van der Waals surface area contributed by atoms with Crippen LogP contribution in [-0.4, -0.2) is 77.1 Å². The van der Waals surface area contributed by atoms with Gasteiger partial charge in [0, 0.05) is 31.5 Å². The number of carboxylic acid groups (broad SMARTS) is 1. The molecule has 3 unspecified atom stereocenters. The monoisotopic (exact) mass is 453 g/mol. The minimum absolute atomic E-state index is 0.00632. The summed E-state index contributed by atoms with van der Waals surface area (Å²) in [7, 11) is 1.16. The molecule has 4 amide bonds. The van der Waals surface area contributed by atoms with Crippen molar-refractivity contribution in [3.05, 3.63) is 12.2 Å². The Morgan fingerprint density at radius 2 is 1.53 bits per heavy atom. The molecule has 0 aromatic heterocycles. The van der Waals surface area contributed by atoms with Crippen LogP contribution in [0.2, 0.25) is 0 Å². The van der Waals surface area contributed by atoms with E-state index >= 15 is 0 Å². The lowest BCUT2D eigenvalue weighted by Crippen LogP contribution is -2.51. The fourth-order valence-corrected chi connectivity index (χ4v) is 2.82. The number of ether oxygens (including phenoxy) is 1. The van der Waals surface area contributed by atoms with Crippen LogP contribution in [0.15, 0.2) is 12.2 Å². The Hall–Kier alpha value is -3.57. The molecule has 0 saturated heterocycles. The van der Waals surface area contributed by atoms with Crippen molar-refractivity contribution in [1.82, 2.24) is 15.5 Å². The Morgan fingerprint density at radius 1 is 0.969 bits per heavy atom. The first-order valence-corrected chi connectivity index (χ1v) is 9.94. The van der Waals surface area contributed by atoms with Crippen molar-refractivity contribution < 1.29 is 43.4 Å². The molecule has 0 saturated carbocycles. The van der Waals surface area contributed by atoms with E-state index in [0.717, 1.165) is 24.2 Å². The summed E-state index contributed by atoms with van der Waals surface area (Å²) in [5, 5.41) is 13.4. The highest BCUT2D eigenvalue weighted by Gasteiger charge is 2.30. The van der Waals surface area contributed by atoms with E-state index in [-0.39, 0.29) is 32.2 Å². The van der Waals surface area contributed by atoms with Crippen molar-refractivity contribution in [1.29, 1.82) is 0 Å². The number of imide groups is 1. The topological polar surface area (TPSA) is 176 Å². The van der Waals surface area contributed by atoms with Crippen LogP contribution in [-0.2, 0) is 38.3 Å². The SMILES string of the molecule is COC(=O)CCC(C(=O)CCCN1C(=O)C=CC1=O)C(=O)NC(C)C(=O)NC(C)C(=O)O. The quantitative estimate of drug-likeness (QED) is 0.178. The average molecular weight is 453 g/mol. The van der Waals surface area contributed by atoms with Gasteiger partial charge in [-0.05, 0) is 26.7 Å². The number of aliphatic carboxylic acids is 1. The molecule has 1 aliphatic heterocycles. The van der Waals surface area contributed by atoms with Crippen molar-refractivity contribution >= 4 is 41.4 Å². The Balaban J connectivity index is 2.73. The second-order valence-corrected chi connectivity index (χ2v) is 7.20. The summed E-state index contributed by atoms with van der Waals surface area (Å²) in [5.74, 6) is -6.24. The highest BCUT2D eigenvalue weighted by atomic mass is 16.5. The van der Waals surface area contributed by atoms with Gasteiger partial charge in [-0.3, -0.25) is 38.5 Å². The second kappa shape index (κ2) is 12.3. The lowest BCUT2D eigenvalue weighted by Gasteiger charge is -2.20. The van der Waals surface area contributed by atoms with Gasteiger partial charge in [-0.15, -0.1) is 0 Å². The lowest BCUT2D eigenvalue weighted by atomic mass is 9.93. The summed E-state index contributed by atoms with van der Waals surface area (Å²) < 4.78 is 4.53. The molecule has 12 nitrogen and oxygen atoms in total. The predicted molar refractivity (Wildman–Crippen MR) is 108 cm³/mol. The number of amides is 4. The van der Waals surface area contributed by atoms with Gasteiger partial charge in [-0.25, -0.2) is 0 Å². The van der Waals surface area contributed by atoms with Gasteiger partial charge >= 0.3 is 11.9 Å². The zero-order valence-electron chi connectivity index (χ0n) is 18.1. The minimum atomic E-state index is -1.27. The molecule has 176 valence electrons. The van der Waals surface area contributed by atoms with Gasteiger partial charge in [0.25, 0.3) is 11.8 Å². The van der Waals surface area contributed by atoms with Gasteiger partial charge in [0.05, 0.1) is 13.0 Å². The number of rotatable bonds is 13. The van der Waals surface area contributed by atoms with E-state index in [4.69, 9.17) is 5.11 Å².